The molecule has 0 saturated heterocycles. The Morgan fingerprint density at radius 2 is 1.36 bits per heavy atom. The van der Waals surface area contributed by atoms with Crippen LogP contribution in [0.3, 0.4) is 0 Å². The molecule has 25 heavy (non-hydrogen) atoms. The molecule has 2 aromatic carbocycles. The highest BCUT2D eigenvalue weighted by molar-refractivity contribution is 7.50. The predicted octanol–water partition coefficient (Wildman–Crippen LogP) is 3.10. The summed E-state index contributed by atoms with van der Waals surface area (Å²) >= 11 is 0. The van der Waals surface area contributed by atoms with Crippen molar-refractivity contribution in [2.45, 2.75) is 37.5 Å². The number of nitrogens with two attached hydrogens (primary N) is 1. The van der Waals surface area contributed by atoms with Crippen molar-refractivity contribution >= 4 is 7.60 Å². The number of ether oxygens (including phenoxy) is 1. The largest absolute Gasteiger partial charge is 0.357 e. The fourth-order valence-corrected chi connectivity index (χ4v) is 2.55. The Balaban J connectivity index is 0.000000399. The van der Waals surface area contributed by atoms with E-state index >= 15 is 0 Å². The van der Waals surface area contributed by atoms with E-state index in [0.717, 1.165) is 32.3 Å². The van der Waals surface area contributed by atoms with E-state index in [1.54, 1.807) is 0 Å². The Bertz CT molecular complexity index is 633. The van der Waals surface area contributed by atoms with Gasteiger partial charge >= 0.3 is 7.60 Å². The third-order valence-corrected chi connectivity index (χ3v) is 3.62. The number of hydrogen-bond donors (Lipinski definition) is 3. The molecule has 0 aromatic heterocycles. The second-order valence-electron chi connectivity index (χ2n) is 6.54. The van der Waals surface area contributed by atoms with Gasteiger partial charge in [0.1, 0.15) is 5.72 Å². The van der Waals surface area contributed by atoms with Gasteiger partial charge in [0.25, 0.3) is 0 Å². The molecule has 0 bridgehead atoms. The third kappa shape index (κ3) is 8.96. The Morgan fingerprint density at radius 3 is 1.68 bits per heavy atom. The zero-order chi connectivity index (χ0) is 18.3. The van der Waals surface area contributed by atoms with Crippen LogP contribution < -0.4 is 5.73 Å². The van der Waals surface area contributed by atoms with Crippen molar-refractivity contribution in [2.24, 2.45) is 5.73 Å². The van der Waals surface area contributed by atoms with Gasteiger partial charge in [-0.25, -0.2) is 0 Å². The number of hydrogen-bond acceptors (Lipinski definition) is 3. The van der Waals surface area contributed by atoms with Gasteiger partial charge in [-0.1, -0.05) is 60.7 Å². The second-order valence-corrected chi connectivity index (χ2v) is 8.21. The Morgan fingerprint density at radius 1 is 1.00 bits per heavy atom. The summed E-state index contributed by atoms with van der Waals surface area (Å²) in [6.07, 6.45) is 4.14. The standard InChI is InChI=1S/C18H21NO.CH5O3P/c19-18(20-17-11-12-17,13-15-7-3-1-4-8-15)14-16-9-5-2-6-10-16;1-5(2,3)4/h1-10,17H,11-14,19H2;1H3,(H2,2,3,4). The van der Waals surface area contributed by atoms with E-state index in [1.165, 1.54) is 11.1 Å². The maximum Gasteiger partial charge on any atom is 0.322 e. The van der Waals surface area contributed by atoms with Crippen LogP contribution in [0.5, 0.6) is 0 Å². The van der Waals surface area contributed by atoms with Crippen molar-refractivity contribution in [3.63, 3.8) is 0 Å². The van der Waals surface area contributed by atoms with E-state index in [4.69, 9.17) is 20.3 Å². The van der Waals surface area contributed by atoms with E-state index in [1.807, 2.05) is 12.1 Å². The van der Waals surface area contributed by atoms with Crippen LogP contribution in [-0.2, 0) is 22.1 Å². The van der Waals surface area contributed by atoms with E-state index in [0.29, 0.717) is 6.10 Å². The molecule has 4 N–H and O–H groups in total. The molecule has 1 saturated carbocycles. The first-order valence-electron chi connectivity index (χ1n) is 8.31. The molecular weight excluding hydrogens is 337 g/mol. The minimum atomic E-state index is -3.64. The number of benzene rings is 2. The minimum absolute atomic E-state index is 0.354. The van der Waals surface area contributed by atoms with Crippen LogP contribution in [0.15, 0.2) is 60.7 Å². The van der Waals surface area contributed by atoms with Crippen LogP contribution in [0.4, 0.5) is 0 Å². The fourth-order valence-electron chi connectivity index (χ4n) is 2.55. The highest BCUT2D eigenvalue weighted by Crippen LogP contribution is 2.30. The lowest BCUT2D eigenvalue weighted by atomic mass is 9.96. The van der Waals surface area contributed by atoms with Crippen LogP contribution >= 0.6 is 7.60 Å². The molecule has 0 spiro atoms. The van der Waals surface area contributed by atoms with Gasteiger partial charge in [-0.3, -0.25) is 4.57 Å². The smallest absolute Gasteiger partial charge is 0.322 e. The zero-order valence-corrected chi connectivity index (χ0v) is 15.3. The molecule has 0 amide bonds. The van der Waals surface area contributed by atoms with Crippen molar-refractivity contribution in [1.82, 2.24) is 0 Å². The summed E-state index contributed by atoms with van der Waals surface area (Å²) in [5.41, 5.74) is 8.43. The molecule has 0 atom stereocenters. The van der Waals surface area contributed by atoms with Gasteiger partial charge in [0.05, 0.1) is 6.10 Å². The van der Waals surface area contributed by atoms with E-state index in [9.17, 15) is 4.57 Å². The zero-order valence-electron chi connectivity index (χ0n) is 14.4. The van der Waals surface area contributed by atoms with Gasteiger partial charge in [0, 0.05) is 19.5 Å². The molecule has 1 fully saturated rings. The second kappa shape index (κ2) is 8.75. The van der Waals surface area contributed by atoms with E-state index in [-0.39, 0.29) is 0 Å². The first kappa shape index (κ1) is 19.8. The SMILES string of the molecule is CP(=O)(O)O.NC(Cc1ccccc1)(Cc1ccccc1)OC1CC1. The van der Waals surface area contributed by atoms with Crippen molar-refractivity contribution in [3.8, 4) is 0 Å². The highest BCUT2D eigenvalue weighted by Gasteiger charge is 2.35. The van der Waals surface area contributed by atoms with Gasteiger partial charge in [-0.15, -0.1) is 0 Å². The van der Waals surface area contributed by atoms with Gasteiger partial charge in [-0.05, 0) is 24.0 Å². The van der Waals surface area contributed by atoms with Crippen molar-refractivity contribution in [1.29, 1.82) is 0 Å². The monoisotopic (exact) mass is 363 g/mol. The average molecular weight is 363 g/mol. The summed E-state index contributed by atoms with van der Waals surface area (Å²) in [6, 6.07) is 20.7. The lowest BCUT2D eigenvalue weighted by Crippen LogP contribution is -2.47. The molecule has 136 valence electrons. The van der Waals surface area contributed by atoms with Crippen molar-refractivity contribution in [3.05, 3.63) is 71.8 Å². The molecule has 0 aliphatic heterocycles. The maximum atomic E-state index is 9.33. The Hall–Kier alpha value is -1.49. The molecule has 0 unspecified atom stereocenters. The summed E-state index contributed by atoms with van der Waals surface area (Å²) < 4.78 is 15.5. The predicted molar refractivity (Wildman–Crippen MR) is 99.3 cm³/mol. The van der Waals surface area contributed by atoms with Crippen LogP contribution in [0.1, 0.15) is 24.0 Å². The summed E-state index contributed by atoms with van der Waals surface area (Å²) in [4.78, 5) is 15.3. The molecule has 1 aliphatic rings. The lowest BCUT2D eigenvalue weighted by molar-refractivity contribution is -0.0520. The molecular formula is C19H26NO4P. The highest BCUT2D eigenvalue weighted by atomic mass is 31.2. The molecule has 0 heterocycles. The Kier molecular flexibility index (Phi) is 6.94. The maximum absolute atomic E-state index is 9.33. The van der Waals surface area contributed by atoms with E-state index in [2.05, 4.69) is 48.5 Å². The van der Waals surface area contributed by atoms with Crippen molar-refractivity contribution in [2.75, 3.05) is 6.66 Å². The summed E-state index contributed by atoms with van der Waals surface area (Å²) in [5.74, 6) is 0. The minimum Gasteiger partial charge on any atom is -0.357 e. The van der Waals surface area contributed by atoms with Crippen LogP contribution in [-0.4, -0.2) is 28.3 Å². The quantitative estimate of drug-likeness (QED) is 0.542. The molecule has 1 aliphatic carbocycles. The first-order valence-corrected chi connectivity index (χ1v) is 10.4. The average Bonchev–Trinajstić information content (AvgIpc) is 3.31. The van der Waals surface area contributed by atoms with Gasteiger partial charge in [0.15, 0.2) is 0 Å². The van der Waals surface area contributed by atoms with E-state index < -0.39 is 13.3 Å². The van der Waals surface area contributed by atoms with Crippen molar-refractivity contribution < 1.29 is 19.1 Å². The molecule has 0 radical (unpaired) electrons. The van der Waals surface area contributed by atoms with Gasteiger partial charge in [-0.2, -0.15) is 0 Å². The summed E-state index contributed by atoms with van der Waals surface area (Å²) in [5, 5.41) is 0. The molecule has 6 heteroatoms. The summed E-state index contributed by atoms with van der Waals surface area (Å²) in [7, 11) is -3.64. The van der Waals surface area contributed by atoms with Crippen LogP contribution in [0, 0.1) is 0 Å². The molecule has 2 aromatic rings. The first-order chi connectivity index (χ1) is 11.7. The summed E-state index contributed by atoms with van der Waals surface area (Å²) in [6.45, 7) is 0.854. The number of rotatable bonds is 6. The Labute approximate surface area is 149 Å². The van der Waals surface area contributed by atoms with Gasteiger partial charge < -0.3 is 20.3 Å². The van der Waals surface area contributed by atoms with Gasteiger partial charge in [0.2, 0.25) is 0 Å². The lowest BCUT2D eigenvalue weighted by Gasteiger charge is -2.30. The topological polar surface area (TPSA) is 92.8 Å². The van der Waals surface area contributed by atoms with Crippen LogP contribution in [0.2, 0.25) is 0 Å². The third-order valence-electron chi connectivity index (χ3n) is 3.62. The molecule has 5 nitrogen and oxygen atoms in total. The molecule has 3 rings (SSSR count). The normalized spacial score (nSPS) is 14.6. The van der Waals surface area contributed by atoms with Crippen LogP contribution in [0.25, 0.3) is 0 Å². The fraction of sp³-hybridized carbons (Fsp3) is 0.368.